The summed E-state index contributed by atoms with van der Waals surface area (Å²) in [6, 6.07) is 16.7. The van der Waals surface area contributed by atoms with Crippen molar-refractivity contribution in [2.75, 3.05) is 42.4 Å². The topological polar surface area (TPSA) is 339 Å². The van der Waals surface area contributed by atoms with Gasteiger partial charge < -0.3 is 86.3 Å². The van der Waals surface area contributed by atoms with E-state index in [1.165, 1.54) is 48.8 Å². The van der Waals surface area contributed by atoms with E-state index in [1.54, 1.807) is 88.2 Å². The highest BCUT2D eigenvalue weighted by molar-refractivity contribution is 5.85. The van der Waals surface area contributed by atoms with Gasteiger partial charge in [-0.15, -0.1) is 0 Å². The molecule has 6 fully saturated rings. The number of rotatable bonds is 17. The number of carbonyl (C=O) groups excluding carboxylic acids is 7. The fourth-order valence-corrected chi connectivity index (χ4v) is 17.6. The van der Waals surface area contributed by atoms with Gasteiger partial charge in [0.2, 0.25) is 29.0 Å². The highest BCUT2D eigenvalue weighted by Crippen LogP contribution is 2.48. The number of benzene rings is 3. The Hall–Kier alpha value is -7.53. The maximum absolute atomic E-state index is 15.6. The summed E-state index contributed by atoms with van der Waals surface area (Å²) in [5.74, 6) is -22.5. The summed E-state index contributed by atoms with van der Waals surface area (Å²) in [6.07, 6.45) is -16.8. The Labute approximate surface area is 663 Å². The number of Topliss-reactive ketones (excluding diaryl/α,β-unsaturated/α-hetero) is 2. The molecule has 3 aromatic rings. The van der Waals surface area contributed by atoms with E-state index in [1.807, 2.05) is 80.5 Å². The Morgan fingerprint density at radius 2 is 0.956 bits per heavy atom. The zero-order chi connectivity index (χ0) is 85.0. The predicted molar refractivity (Wildman–Crippen MR) is 401 cm³/mol. The number of methoxy groups -OCH3 is 2. The van der Waals surface area contributed by atoms with Crippen LogP contribution in [0.1, 0.15) is 155 Å². The number of carbonyl (C=O) groups is 7. The van der Waals surface area contributed by atoms with E-state index in [9.17, 15) is 62.7 Å². The molecule has 0 aliphatic carbocycles. The monoisotopic (exact) mass is 1620 g/mol. The van der Waals surface area contributed by atoms with Gasteiger partial charge >= 0.3 is 35.9 Å². The summed E-state index contributed by atoms with van der Waals surface area (Å²) in [6.45, 7) is 26.0. The van der Waals surface area contributed by atoms with Crippen molar-refractivity contribution in [3.05, 3.63) is 93.5 Å². The molecule has 636 valence electrons. The number of likely N-dealkylation sites (N-methyl/N-ethyl adjacent to an activating group) is 2. The van der Waals surface area contributed by atoms with Crippen molar-refractivity contribution in [2.45, 2.75) is 276 Å². The molecule has 0 aromatic heterocycles. The first-order valence-corrected chi connectivity index (χ1v) is 39.0. The minimum atomic E-state index is -2.47. The van der Waals surface area contributed by atoms with Crippen LogP contribution in [0.5, 0.6) is 5.75 Å². The number of nitro benzene ring substituents is 1. The number of nitrogens with zero attached hydrogens (tertiary/aromatic N) is 3. The first kappa shape index (κ1) is 92.0. The largest absolute Gasteiger partial charge is 0.509 e. The smallest absolute Gasteiger partial charge is 0.480 e. The maximum atomic E-state index is 15.6. The summed E-state index contributed by atoms with van der Waals surface area (Å²) < 4.78 is 144. The minimum Gasteiger partial charge on any atom is -0.480 e. The van der Waals surface area contributed by atoms with Crippen molar-refractivity contribution < 1.29 is 133 Å². The van der Waals surface area contributed by atoms with Gasteiger partial charge in [0.25, 0.3) is 0 Å². The molecular formula is C82H115F4N3O25. The molecular weight excluding hydrogens is 1500 g/mol. The number of halogens is 4. The molecule has 2 N–H and O–H groups in total. The van der Waals surface area contributed by atoms with Crippen LogP contribution in [-0.2, 0) is 92.0 Å². The molecule has 3 aromatic carbocycles. The van der Waals surface area contributed by atoms with E-state index in [2.05, 4.69) is 0 Å². The third kappa shape index (κ3) is 19.3. The number of nitro groups is 1. The highest BCUT2D eigenvalue weighted by atomic mass is 19.2. The van der Waals surface area contributed by atoms with Crippen LogP contribution >= 0.6 is 0 Å². The molecule has 0 amide bonds. The molecule has 6 heterocycles. The lowest BCUT2D eigenvalue weighted by atomic mass is 9.74. The molecule has 0 spiro atoms. The van der Waals surface area contributed by atoms with Crippen molar-refractivity contribution in [3.63, 3.8) is 0 Å². The third-order valence-corrected chi connectivity index (χ3v) is 24.2. The molecule has 28 atom stereocenters. The van der Waals surface area contributed by atoms with Crippen molar-refractivity contribution in [3.8, 4) is 16.9 Å². The molecule has 0 radical (unpaired) electrons. The first-order chi connectivity index (χ1) is 53.3. The molecule has 0 saturated carbocycles. The second kappa shape index (κ2) is 37.4. The molecule has 9 rings (SSSR count). The highest BCUT2D eigenvalue weighted by Gasteiger charge is 2.62. The molecule has 32 heteroatoms. The second-order valence-electron chi connectivity index (χ2n) is 33.0. The van der Waals surface area contributed by atoms with Crippen LogP contribution in [0.15, 0.2) is 54.6 Å². The van der Waals surface area contributed by atoms with E-state index in [0.29, 0.717) is 18.4 Å². The first-order valence-electron chi connectivity index (χ1n) is 39.0. The van der Waals surface area contributed by atoms with Crippen molar-refractivity contribution in [1.82, 2.24) is 9.80 Å². The number of fused-ring (bicyclic) bond motifs is 2. The van der Waals surface area contributed by atoms with Crippen molar-refractivity contribution >= 4 is 47.5 Å². The van der Waals surface area contributed by atoms with Gasteiger partial charge in [0.15, 0.2) is 36.0 Å². The van der Waals surface area contributed by atoms with Gasteiger partial charge in [0, 0.05) is 50.0 Å². The van der Waals surface area contributed by atoms with Gasteiger partial charge in [-0.3, -0.25) is 34.1 Å². The van der Waals surface area contributed by atoms with Crippen LogP contribution in [0.2, 0.25) is 0 Å². The Balaban J connectivity index is 0.000000286. The van der Waals surface area contributed by atoms with Gasteiger partial charge in [0.05, 0.1) is 70.6 Å². The molecule has 6 saturated heterocycles. The van der Waals surface area contributed by atoms with E-state index < -0.39 is 231 Å². The van der Waals surface area contributed by atoms with Crippen LogP contribution < -0.4 is 4.74 Å². The summed E-state index contributed by atoms with van der Waals surface area (Å²) in [7, 11) is 10.0. The normalized spacial score (nSPS) is 38.1. The van der Waals surface area contributed by atoms with Crippen molar-refractivity contribution in [2.24, 2.45) is 47.3 Å². The summed E-state index contributed by atoms with van der Waals surface area (Å²) in [4.78, 5) is 111. The number of ketones is 2. The number of hydrogen-bond acceptors (Lipinski definition) is 27. The Bertz CT molecular complexity index is 3900. The lowest BCUT2D eigenvalue weighted by Gasteiger charge is -2.48. The van der Waals surface area contributed by atoms with Gasteiger partial charge in [-0.05, 0) is 139 Å². The van der Waals surface area contributed by atoms with Gasteiger partial charge in [-0.1, -0.05) is 110 Å². The van der Waals surface area contributed by atoms with Gasteiger partial charge in [0.1, 0.15) is 48.2 Å². The molecule has 0 bridgehead atoms. The average molecular weight is 1620 g/mol. The van der Waals surface area contributed by atoms with E-state index in [0.717, 1.165) is 11.1 Å². The third-order valence-electron chi connectivity index (χ3n) is 24.2. The molecule has 114 heavy (non-hydrogen) atoms. The van der Waals surface area contributed by atoms with Gasteiger partial charge in [-0.25, -0.2) is 18.4 Å². The summed E-state index contributed by atoms with van der Waals surface area (Å²) in [5.41, 5.74) is -5.27. The average Bonchev–Trinajstić information content (AvgIpc) is 0.937. The number of hydrogen-bond donors (Lipinski definition) is 2. The fourth-order valence-electron chi connectivity index (χ4n) is 17.6. The van der Waals surface area contributed by atoms with Gasteiger partial charge in [-0.2, -0.15) is 8.78 Å². The summed E-state index contributed by atoms with van der Waals surface area (Å²) >= 11 is 0. The zero-order valence-electron chi connectivity index (χ0n) is 69.1. The Morgan fingerprint density at radius 3 is 1.35 bits per heavy atom. The minimum absolute atomic E-state index is 0.00371. The zero-order valence-corrected chi connectivity index (χ0v) is 69.1. The van der Waals surface area contributed by atoms with E-state index >= 15 is 8.78 Å². The number of esters is 3. The number of ether oxygens (including phenoxy) is 14. The van der Waals surface area contributed by atoms with Crippen molar-refractivity contribution in [1.29, 1.82) is 0 Å². The molecule has 0 unspecified atom stereocenters. The van der Waals surface area contributed by atoms with Crippen LogP contribution in [0.4, 0.5) is 32.8 Å². The Kier molecular flexibility index (Phi) is 30.2. The Morgan fingerprint density at radius 1 is 0.561 bits per heavy atom. The number of aliphatic hydroxyl groups is 2. The summed E-state index contributed by atoms with van der Waals surface area (Å²) in [5, 5.41) is 35.2. The predicted octanol–water partition coefficient (Wildman–Crippen LogP) is 11.4. The lowest BCUT2D eigenvalue weighted by molar-refractivity contribution is -0.389. The van der Waals surface area contributed by atoms with Crippen LogP contribution in [0, 0.1) is 80.7 Å². The SMILES string of the molecule is CC[C@H]1OC(=O)[C@H](C)[C@@H](OC(=O)Cc2ccc(-c3ccccc3)cc2)[C@H](C)[C@@H](O[C@@H]2O[C@H](C)C[C@H](N(C)C)[C@H]2O)[C@](C)(OC)C[C@@H](C)C(=O)[C@H](C)[C@H]2OC(=O)O[C@@]21C.CC[C@H]1OC(=O)[C@H](C)[C@@H](Oc2c(F)c(F)c(F)c(F)c2[N+](=O)[O-])[C@H](C)[C@@H](O[C@@H]2O[C@H](C)C[C@H](N(C)C)[C@H]2O)[C@](C)(OC)C[C@@H](C)C(=O)[C@H](C)[C@H]2OC(=O)O[C@@]21C. The molecule has 28 nitrogen and oxygen atoms in total. The lowest BCUT2D eigenvalue weighted by Crippen LogP contribution is -2.60. The maximum Gasteiger partial charge on any atom is 0.509 e. The molecule has 6 aliphatic heterocycles. The number of aliphatic hydroxyl groups excluding tert-OH is 2. The standard InChI is InChI=1S/C45H63NO12.C37H52F4N2O13/c1-12-34-45(8)40(57-43(51)58-45)27(4)36(48)25(2)24-44(7,52-11)39(56-42-37(49)33(46(9)10)22-26(3)53-42)28(5)38(29(6)41(50)54-34)55-35(47)23-30-18-20-32(21-19-30)31-16-14-13-15-17-31;1-12-21-37(8)32(55-35(47)56-37)17(4)27(44)15(2)14-36(7,50-11)31(54-34-28(45)20(42(9)10)13-16(3)51-34)18(5)29(19(6)33(46)52-21)53-30-25(41)23(39)22(38)24(40)26(30)43(48)49/h13-21,25-29,33-34,37-40,42,49H,12,22-24H2,1-11H3;15-21,28-29,31-32,34,45H,12-14H2,1-11H3/t25-,26-,27+,28+,29-,33+,34-,37-,38+,39-,40-,42+,44-,45-;15-,16-,17+,18+,19-,20+,21-,28-,29+,31-,32-,34+,36-,37-/m11/s1. The van der Waals surface area contributed by atoms with E-state index in [4.69, 9.17) is 66.3 Å². The fraction of sp³-hybridized carbons (Fsp3) is 0.695. The number of cyclic esters (lactones) is 2. The second-order valence-corrected chi connectivity index (χ2v) is 33.0. The van der Waals surface area contributed by atoms with E-state index in [-0.39, 0.29) is 50.0 Å². The van der Waals surface area contributed by atoms with Crippen LogP contribution in [0.3, 0.4) is 0 Å². The van der Waals surface area contributed by atoms with Crippen LogP contribution in [0.25, 0.3) is 11.1 Å². The van der Waals surface area contributed by atoms with Crippen LogP contribution in [-0.4, -0.2) is 229 Å². The molecule has 6 aliphatic rings. The quantitative estimate of drug-likeness (QED) is 0.0241.